The van der Waals surface area contributed by atoms with Gasteiger partial charge in [-0.3, -0.25) is 14.5 Å². The molecule has 0 aromatic heterocycles. The van der Waals surface area contributed by atoms with E-state index in [0.717, 1.165) is 16.9 Å². The Balaban J connectivity index is 1.83. The van der Waals surface area contributed by atoms with Crippen molar-refractivity contribution in [3.8, 4) is 0 Å². The lowest BCUT2D eigenvalue weighted by Gasteiger charge is -2.35. The predicted molar refractivity (Wildman–Crippen MR) is 103 cm³/mol. The van der Waals surface area contributed by atoms with Gasteiger partial charge in [0.1, 0.15) is 6.61 Å². The standard InChI is InChI=1S/C18H20N2O4S2/c21-15(13-7-4-9-19-13)18(16(22)26)14(25)8-10-20(18)17(23)24-11-12-5-2-1-3-6-12/h1-3,5-6,13,19H,4,7-11H2,(H,22,26)/t13-,18+/m0/s1. The van der Waals surface area contributed by atoms with E-state index in [1.54, 1.807) is 0 Å². The molecule has 2 fully saturated rings. The summed E-state index contributed by atoms with van der Waals surface area (Å²) >= 11 is 9.28. The van der Waals surface area contributed by atoms with Gasteiger partial charge in [0, 0.05) is 11.4 Å². The molecule has 0 bridgehead atoms. The van der Waals surface area contributed by atoms with Crippen LogP contribution in [0.2, 0.25) is 0 Å². The molecule has 2 heterocycles. The first-order valence-corrected chi connectivity index (χ1v) is 9.36. The van der Waals surface area contributed by atoms with Crippen molar-refractivity contribution in [2.75, 3.05) is 13.1 Å². The number of benzene rings is 1. The highest BCUT2D eigenvalue weighted by Gasteiger charge is 2.60. The van der Waals surface area contributed by atoms with Crippen molar-refractivity contribution in [1.82, 2.24) is 10.2 Å². The molecular weight excluding hydrogens is 372 g/mol. The zero-order valence-corrected chi connectivity index (χ0v) is 15.9. The smallest absolute Gasteiger partial charge is 0.411 e. The summed E-state index contributed by atoms with van der Waals surface area (Å²) in [5, 5.41) is 2.35. The Morgan fingerprint density at radius 3 is 2.65 bits per heavy atom. The van der Waals surface area contributed by atoms with Crippen LogP contribution in [0.3, 0.4) is 0 Å². The van der Waals surface area contributed by atoms with Gasteiger partial charge in [0.15, 0.2) is 5.78 Å². The Morgan fingerprint density at radius 1 is 1.31 bits per heavy atom. The van der Waals surface area contributed by atoms with Crippen molar-refractivity contribution in [3.05, 3.63) is 35.9 Å². The molecule has 0 spiro atoms. The van der Waals surface area contributed by atoms with Gasteiger partial charge in [-0.1, -0.05) is 42.5 Å². The first-order valence-electron chi connectivity index (χ1n) is 8.50. The van der Waals surface area contributed by atoms with E-state index in [9.17, 15) is 14.4 Å². The number of nitrogens with one attached hydrogen (secondary N) is 1. The third kappa shape index (κ3) is 3.28. The van der Waals surface area contributed by atoms with Crippen molar-refractivity contribution < 1.29 is 19.1 Å². The molecule has 0 saturated carbocycles. The number of carbonyl (C=O) groups is 3. The topological polar surface area (TPSA) is 75.7 Å². The van der Waals surface area contributed by atoms with Crippen LogP contribution < -0.4 is 5.32 Å². The van der Waals surface area contributed by atoms with Crippen LogP contribution in [0.25, 0.3) is 0 Å². The summed E-state index contributed by atoms with van der Waals surface area (Å²) in [5.41, 5.74) is -1.01. The van der Waals surface area contributed by atoms with Crippen LogP contribution in [0.1, 0.15) is 24.8 Å². The predicted octanol–water partition coefficient (Wildman–Crippen LogP) is 1.92. The number of nitrogens with zero attached hydrogens (tertiary/aromatic N) is 1. The average molecular weight is 393 g/mol. The maximum absolute atomic E-state index is 13.1. The largest absolute Gasteiger partial charge is 0.445 e. The van der Waals surface area contributed by atoms with Crippen LogP contribution in [-0.4, -0.2) is 51.4 Å². The SMILES string of the molecule is O=C(OCc1ccccc1)N1CCC(=S)[C@]1(C(=O)S)C(=O)[C@@H]1CCCN1. The quantitative estimate of drug-likeness (QED) is 0.453. The number of hydrogen-bond acceptors (Lipinski definition) is 6. The molecule has 26 heavy (non-hydrogen) atoms. The van der Waals surface area contributed by atoms with Crippen LogP contribution in [0.5, 0.6) is 0 Å². The molecule has 8 heteroatoms. The Bertz CT molecular complexity index is 734. The minimum atomic E-state index is -1.83. The van der Waals surface area contributed by atoms with Crippen molar-refractivity contribution in [3.63, 3.8) is 0 Å². The molecule has 1 aromatic carbocycles. The maximum Gasteiger partial charge on any atom is 0.411 e. The van der Waals surface area contributed by atoms with E-state index in [1.165, 1.54) is 0 Å². The number of ether oxygens (including phenoxy) is 1. The third-order valence-corrected chi connectivity index (χ3v) is 5.66. The molecule has 1 N–H and O–H groups in total. The van der Waals surface area contributed by atoms with Crippen LogP contribution in [0.15, 0.2) is 30.3 Å². The van der Waals surface area contributed by atoms with Gasteiger partial charge < -0.3 is 10.1 Å². The van der Waals surface area contributed by atoms with Crippen LogP contribution >= 0.6 is 24.8 Å². The molecule has 2 aliphatic rings. The fourth-order valence-electron chi connectivity index (χ4n) is 3.51. The normalized spacial score (nSPS) is 25.3. The van der Waals surface area contributed by atoms with E-state index in [2.05, 4.69) is 17.9 Å². The highest BCUT2D eigenvalue weighted by atomic mass is 32.1. The zero-order valence-electron chi connectivity index (χ0n) is 14.1. The van der Waals surface area contributed by atoms with Gasteiger partial charge in [-0.2, -0.15) is 0 Å². The summed E-state index contributed by atoms with van der Waals surface area (Å²) in [6, 6.07) is 8.68. The number of likely N-dealkylation sites (tertiary alicyclic amines) is 1. The number of ketones is 1. The number of Topliss-reactive ketones (excluding diaryl/α,β-unsaturated/α-hetero) is 1. The van der Waals surface area contributed by atoms with Gasteiger partial charge in [0.05, 0.1) is 6.04 Å². The van der Waals surface area contributed by atoms with E-state index < -0.39 is 28.6 Å². The number of thiol groups is 1. The second kappa shape index (κ2) is 7.85. The molecule has 2 saturated heterocycles. The molecule has 6 nitrogen and oxygen atoms in total. The van der Waals surface area contributed by atoms with Crippen LogP contribution in [-0.2, 0) is 20.9 Å². The molecule has 3 rings (SSSR count). The van der Waals surface area contributed by atoms with E-state index >= 15 is 0 Å². The molecule has 2 aliphatic heterocycles. The minimum Gasteiger partial charge on any atom is -0.445 e. The van der Waals surface area contributed by atoms with Gasteiger partial charge >= 0.3 is 6.09 Å². The van der Waals surface area contributed by atoms with Gasteiger partial charge in [-0.05, 0) is 31.4 Å². The number of carbonyl (C=O) groups excluding carboxylic acids is 3. The first-order chi connectivity index (χ1) is 12.5. The van der Waals surface area contributed by atoms with E-state index in [-0.39, 0.29) is 18.0 Å². The van der Waals surface area contributed by atoms with Crippen molar-refractivity contribution in [2.45, 2.75) is 37.5 Å². The average Bonchev–Trinajstić information content (AvgIpc) is 3.28. The minimum absolute atomic E-state index is 0.0512. The molecule has 1 amide bonds. The molecule has 0 unspecified atom stereocenters. The number of rotatable bonds is 5. The van der Waals surface area contributed by atoms with Gasteiger partial charge in [-0.15, -0.1) is 12.6 Å². The summed E-state index contributed by atoms with van der Waals surface area (Å²) in [4.78, 5) is 39.7. The molecule has 138 valence electrons. The fraction of sp³-hybridized carbons (Fsp3) is 0.444. The second-order valence-electron chi connectivity index (χ2n) is 6.39. The lowest BCUT2D eigenvalue weighted by atomic mass is 9.87. The Morgan fingerprint density at radius 2 is 2.04 bits per heavy atom. The lowest BCUT2D eigenvalue weighted by molar-refractivity contribution is -0.133. The number of amides is 1. The van der Waals surface area contributed by atoms with Gasteiger partial charge in [-0.25, -0.2) is 4.79 Å². The molecule has 0 radical (unpaired) electrons. The van der Waals surface area contributed by atoms with Crippen molar-refractivity contribution in [1.29, 1.82) is 0 Å². The van der Waals surface area contributed by atoms with Crippen LogP contribution in [0, 0.1) is 0 Å². The molecule has 1 aromatic rings. The summed E-state index contributed by atoms with van der Waals surface area (Å²) in [5.74, 6) is -0.408. The van der Waals surface area contributed by atoms with Crippen molar-refractivity contribution in [2.24, 2.45) is 0 Å². The maximum atomic E-state index is 13.1. The number of hydrogen-bond donors (Lipinski definition) is 2. The van der Waals surface area contributed by atoms with Crippen molar-refractivity contribution >= 4 is 46.7 Å². The number of thiocarbonyl (C=S) groups is 1. The first kappa shape index (κ1) is 19.0. The monoisotopic (exact) mass is 392 g/mol. The van der Waals surface area contributed by atoms with E-state index in [4.69, 9.17) is 17.0 Å². The summed E-state index contributed by atoms with van der Waals surface area (Å²) in [6.45, 7) is 0.908. The second-order valence-corrected chi connectivity index (χ2v) is 7.29. The fourth-order valence-corrected chi connectivity index (χ4v) is 4.35. The summed E-state index contributed by atoms with van der Waals surface area (Å²) in [6.07, 6.45) is 0.998. The summed E-state index contributed by atoms with van der Waals surface area (Å²) in [7, 11) is 0. The highest BCUT2D eigenvalue weighted by molar-refractivity contribution is 7.97. The Kier molecular flexibility index (Phi) is 5.74. The zero-order chi connectivity index (χ0) is 18.7. The van der Waals surface area contributed by atoms with E-state index in [1.807, 2.05) is 30.3 Å². The summed E-state index contributed by atoms with van der Waals surface area (Å²) < 4.78 is 5.35. The third-order valence-electron chi connectivity index (χ3n) is 4.84. The molecular formula is C18H20N2O4S2. The lowest BCUT2D eigenvalue weighted by Crippen LogP contribution is -2.64. The van der Waals surface area contributed by atoms with Gasteiger partial charge in [0.2, 0.25) is 10.7 Å². The highest BCUT2D eigenvalue weighted by Crippen LogP contribution is 2.34. The Hall–Kier alpha value is -1.77. The van der Waals surface area contributed by atoms with Crippen LogP contribution in [0.4, 0.5) is 4.79 Å². The van der Waals surface area contributed by atoms with Gasteiger partial charge in [0.25, 0.3) is 0 Å². The molecule has 0 aliphatic carbocycles. The molecule has 2 atom stereocenters. The Labute approximate surface area is 162 Å². The van der Waals surface area contributed by atoms with E-state index in [0.29, 0.717) is 19.4 Å².